The second kappa shape index (κ2) is 3.48. The average molecular weight is 284 g/mol. The molecule has 19 heavy (non-hydrogen) atoms. The van der Waals surface area contributed by atoms with Crippen LogP contribution in [0.25, 0.3) is 0 Å². The first kappa shape index (κ1) is 14.7. The second-order valence-electron chi connectivity index (χ2n) is 7.20. The molecule has 0 N–H and O–H groups in total. The van der Waals surface area contributed by atoms with E-state index in [0.29, 0.717) is 0 Å². The van der Waals surface area contributed by atoms with Crippen LogP contribution in [0.4, 0.5) is 0 Å². The number of nitrogens with zero attached hydrogens (tertiary/aromatic N) is 2. The van der Waals surface area contributed by atoms with Gasteiger partial charge < -0.3 is 9.80 Å². The monoisotopic (exact) mass is 284 g/mol. The molecule has 1 spiro atoms. The SMILES string of the molecule is CN1C(=O)C(C)(C)C(=O)N(C)C12SC(C)(C)C2(C)C. The number of rotatable bonds is 0. The first-order chi connectivity index (χ1) is 8.34. The molecule has 0 radical (unpaired) electrons. The molecule has 0 aromatic carbocycles. The van der Waals surface area contributed by atoms with Gasteiger partial charge >= 0.3 is 0 Å². The highest BCUT2D eigenvalue weighted by molar-refractivity contribution is 8.03. The smallest absolute Gasteiger partial charge is 0.239 e. The maximum Gasteiger partial charge on any atom is 0.239 e. The molecule has 108 valence electrons. The Bertz CT molecular complexity index is 444. The van der Waals surface area contributed by atoms with Crippen molar-refractivity contribution < 1.29 is 9.59 Å². The first-order valence-electron chi connectivity index (χ1n) is 6.61. The highest BCUT2D eigenvalue weighted by atomic mass is 32.2. The molecule has 2 rings (SSSR count). The lowest BCUT2D eigenvalue weighted by atomic mass is 9.71. The van der Waals surface area contributed by atoms with Crippen LogP contribution in [0.15, 0.2) is 0 Å². The molecule has 0 unspecified atom stereocenters. The number of carbonyl (C=O) groups excluding carboxylic acids is 2. The molecule has 0 saturated carbocycles. The third-order valence-electron chi connectivity index (χ3n) is 5.30. The van der Waals surface area contributed by atoms with Crippen LogP contribution in [-0.4, -0.2) is 45.5 Å². The fourth-order valence-corrected chi connectivity index (χ4v) is 5.27. The molecule has 2 aliphatic rings. The number of carbonyl (C=O) groups is 2. The molecule has 4 nitrogen and oxygen atoms in total. The summed E-state index contributed by atoms with van der Waals surface area (Å²) >= 11 is 1.70. The minimum atomic E-state index is -0.967. The fraction of sp³-hybridized carbons (Fsp3) is 0.857. The van der Waals surface area contributed by atoms with E-state index in [1.165, 1.54) is 0 Å². The predicted octanol–water partition coefficient (Wildman–Crippen LogP) is 2.15. The highest BCUT2D eigenvalue weighted by Crippen LogP contribution is 2.70. The summed E-state index contributed by atoms with van der Waals surface area (Å²) in [6.45, 7) is 12.0. The fourth-order valence-electron chi connectivity index (χ4n) is 3.36. The van der Waals surface area contributed by atoms with E-state index in [2.05, 4.69) is 27.7 Å². The van der Waals surface area contributed by atoms with E-state index in [1.807, 2.05) is 14.1 Å². The summed E-state index contributed by atoms with van der Waals surface area (Å²) in [6.07, 6.45) is 0. The van der Waals surface area contributed by atoms with E-state index in [0.717, 1.165) is 0 Å². The largest absolute Gasteiger partial charge is 0.312 e. The first-order valence-corrected chi connectivity index (χ1v) is 7.42. The van der Waals surface area contributed by atoms with Gasteiger partial charge in [0.05, 0.1) is 0 Å². The molecular weight excluding hydrogens is 260 g/mol. The van der Waals surface area contributed by atoms with Gasteiger partial charge in [-0.2, -0.15) is 0 Å². The Labute approximate surface area is 119 Å². The van der Waals surface area contributed by atoms with E-state index in [4.69, 9.17) is 0 Å². The Morgan fingerprint density at radius 3 is 1.47 bits per heavy atom. The van der Waals surface area contributed by atoms with Gasteiger partial charge in [-0.3, -0.25) is 9.59 Å². The molecule has 2 saturated heterocycles. The van der Waals surface area contributed by atoms with Gasteiger partial charge in [0.15, 0.2) is 4.99 Å². The summed E-state index contributed by atoms with van der Waals surface area (Å²) in [4.78, 5) is 28.1. The Balaban J connectivity index is 2.56. The molecule has 2 aliphatic heterocycles. The number of hydrogen-bond donors (Lipinski definition) is 0. The van der Waals surface area contributed by atoms with Crippen LogP contribution >= 0.6 is 11.8 Å². The molecule has 0 aromatic heterocycles. The van der Waals surface area contributed by atoms with Gasteiger partial charge in [0.25, 0.3) is 0 Å². The van der Waals surface area contributed by atoms with Crippen LogP contribution < -0.4 is 0 Å². The van der Waals surface area contributed by atoms with Crippen LogP contribution in [-0.2, 0) is 9.59 Å². The van der Waals surface area contributed by atoms with E-state index >= 15 is 0 Å². The Kier molecular flexibility index (Phi) is 2.69. The second-order valence-corrected chi connectivity index (χ2v) is 8.99. The van der Waals surface area contributed by atoms with Crippen molar-refractivity contribution in [3.05, 3.63) is 0 Å². The number of hydrogen-bond acceptors (Lipinski definition) is 3. The van der Waals surface area contributed by atoms with E-state index in [1.54, 1.807) is 35.4 Å². The summed E-state index contributed by atoms with van der Waals surface area (Å²) in [6, 6.07) is 0. The van der Waals surface area contributed by atoms with Crippen molar-refractivity contribution >= 4 is 23.6 Å². The van der Waals surface area contributed by atoms with Gasteiger partial charge in [-0.1, -0.05) is 13.8 Å². The highest BCUT2D eigenvalue weighted by Gasteiger charge is 2.74. The van der Waals surface area contributed by atoms with Crippen molar-refractivity contribution in [1.82, 2.24) is 9.80 Å². The van der Waals surface area contributed by atoms with Gasteiger partial charge in [-0.15, -0.1) is 11.8 Å². The lowest BCUT2D eigenvalue weighted by Gasteiger charge is -2.73. The van der Waals surface area contributed by atoms with Crippen LogP contribution in [0.2, 0.25) is 0 Å². The molecule has 0 bridgehead atoms. The number of amides is 2. The molecule has 2 fully saturated rings. The maximum absolute atomic E-state index is 12.6. The van der Waals surface area contributed by atoms with E-state index in [9.17, 15) is 9.59 Å². The molecule has 2 heterocycles. The third-order valence-corrected chi connectivity index (χ3v) is 7.67. The van der Waals surface area contributed by atoms with Crippen LogP contribution in [0.5, 0.6) is 0 Å². The molecule has 2 amide bonds. The Hall–Kier alpha value is -0.710. The molecule has 0 aromatic rings. The standard InChI is InChI=1S/C14H24N2O2S/c1-11(2)9(17)15(7)14(16(8)10(11)18)12(3,4)13(5,6)19-14/h1-8H3. The third kappa shape index (κ3) is 1.32. The molecule has 0 atom stereocenters. The van der Waals surface area contributed by atoms with E-state index in [-0.39, 0.29) is 22.0 Å². The molecular formula is C14H24N2O2S. The minimum absolute atomic E-state index is 0.0254. The van der Waals surface area contributed by atoms with Crippen molar-refractivity contribution in [2.24, 2.45) is 10.8 Å². The zero-order chi connectivity index (χ0) is 15.0. The van der Waals surface area contributed by atoms with Gasteiger partial charge in [0, 0.05) is 24.3 Å². The summed E-state index contributed by atoms with van der Waals surface area (Å²) in [5.41, 5.74) is -1.14. The quantitative estimate of drug-likeness (QED) is 0.640. The van der Waals surface area contributed by atoms with Gasteiger partial charge in [-0.05, 0) is 27.7 Å². The van der Waals surface area contributed by atoms with Gasteiger partial charge in [0.2, 0.25) is 11.8 Å². The Morgan fingerprint density at radius 1 is 0.842 bits per heavy atom. The van der Waals surface area contributed by atoms with Crippen molar-refractivity contribution in [3.63, 3.8) is 0 Å². The van der Waals surface area contributed by atoms with Crippen LogP contribution in [0.3, 0.4) is 0 Å². The van der Waals surface area contributed by atoms with Crippen molar-refractivity contribution in [1.29, 1.82) is 0 Å². The maximum atomic E-state index is 12.6. The molecule has 0 aliphatic carbocycles. The Morgan fingerprint density at radius 2 is 1.21 bits per heavy atom. The van der Waals surface area contributed by atoms with Gasteiger partial charge in [-0.25, -0.2) is 0 Å². The summed E-state index contributed by atoms with van der Waals surface area (Å²) in [5.74, 6) is -0.182. The average Bonchev–Trinajstić information content (AvgIpc) is 2.30. The van der Waals surface area contributed by atoms with E-state index < -0.39 is 10.4 Å². The number of thioether (sulfide) groups is 1. The van der Waals surface area contributed by atoms with Crippen molar-refractivity contribution in [3.8, 4) is 0 Å². The summed E-state index contributed by atoms with van der Waals surface area (Å²) in [5, 5.41) is 0. The zero-order valence-corrected chi connectivity index (χ0v) is 13.9. The van der Waals surface area contributed by atoms with Crippen LogP contribution in [0, 0.1) is 10.8 Å². The van der Waals surface area contributed by atoms with Crippen molar-refractivity contribution in [2.75, 3.05) is 14.1 Å². The predicted molar refractivity (Wildman–Crippen MR) is 77.5 cm³/mol. The zero-order valence-electron chi connectivity index (χ0n) is 13.1. The summed E-state index contributed by atoms with van der Waals surface area (Å²) < 4.78 is 0.0254. The van der Waals surface area contributed by atoms with Gasteiger partial charge in [0.1, 0.15) is 5.41 Å². The topological polar surface area (TPSA) is 40.6 Å². The van der Waals surface area contributed by atoms with Crippen molar-refractivity contribution in [2.45, 2.75) is 51.3 Å². The summed E-state index contributed by atoms with van der Waals surface area (Å²) in [7, 11) is 3.63. The van der Waals surface area contributed by atoms with Crippen LogP contribution in [0.1, 0.15) is 41.5 Å². The molecule has 5 heteroatoms. The normalized spacial score (nSPS) is 30.5. The lowest BCUT2D eigenvalue weighted by Crippen LogP contribution is -2.83. The minimum Gasteiger partial charge on any atom is -0.312 e. The lowest BCUT2D eigenvalue weighted by molar-refractivity contribution is -0.188.